The molecule has 1 aromatic carbocycles. The molecule has 0 heterocycles. The zero-order valence-electron chi connectivity index (χ0n) is 10.2. The van der Waals surface area contributed by atoms with Gasteiger partial charge in [0, 0.05) is 6.54 Å². The summed E-state index contributed by atoms with van der Waals surface area (Å²) < 4.78 is 0. The lowest BCUT2D eigenvalue weighted by atomic mass is 9.84. The average molecular weight is 203 g/mol. The van der Waals surface area contributed by atoms with E-state index in [4.69, 9.17) is 0 Å². The second kappa shape index (κ2) is 3.64. The summed E-state index contributed by atoms with van der Waals surface area (Å²) in [6, 6.07) is 6.74. The van der Waals surface area contributed by atoms with Crippen LogP contribution in [0.1, 0.15) is 42.9 Å². The first kappa shape index (κ1) is 10.7. The van der Waals surface area contributed by atoms with Crippen LogP contribution >= 0.6 is 0 Å². The topological polar surface area (TPSA) is 12.0 Å². The fraction of sp³-hybridized carbons (Fsp3) is 0.571. The molecule has 1 aromatic rings. The van der Waals surface area contributed by atoms with Gasteiger partial charge < -0.3 is 5.32 Å². The summed E-state index contributed by atoms with van der Waals surface area (Å²) in [6.45, 7) is 8.07. The molecule has 0 aromatic heterocycles. The zero-order chi connectivity index (χ0) is 11.1. The summed E-state index contributed by atoms with van der Waals surface area (Å²) in [5, 5.41) is 3.31. The van der Waals surface area contributed by atoms with E-state index in [-0.39, 0.29) is 0 Å². The highest BCUT2D eigenvalue weighted by molar-refractivity contribution is 5.46. The highest BCUT2D eigenvalue weighted by Crippen LogP contribution is 2.46. The van der Waals surface area contributed by atoms with E-state index in [1.54, 1.807) is 11.1 Å². The molecule has 1 heteroatoms. The highest BCUT2D eigenvalue weighted by atomic mass is 14.8. The van der Waals surface area contributed by atoms with Crippen LogP contribution < -0.4 is 5.32 Å². The molecule has 1 atom stereocenters. The van der Waals surface area contributed by atoms with Gasteiger partial charge in [-0.3, -0.25) is 0 Å². The normalized spacial score (nSPS) is 22.8. The predicted octanol–water partition coefficient (Wildman–Crippen LogP) is 2.98. The van der Waals surface area contributed by atoms with Crippen molar-refractivity contribution in [1.82, 2.24) is 5.32 Å². The van der Waals surface area contributed by atoms with Crippen LogP contribution in [-0.4, -0.2) is 13.6 Å². The molecule has 82 valence electrons. The van der Waals surface area contributed by atoms with Crippen molar-refractivity contribution in [3.8, 4) is 0 Å². The molecule has 0 spiro atoms. The standard InChI is InChI=1S/C14H21N/c1-10-6-5-7-12-11(9-15-4)8-14(2,3)13(10)12/h5-7,11,15H,8-9H2,1-4H3. The minimum Gasteiger partial charge on any atom is -0.319 e. The van der Waals surface area contributed by atoms with Gasteiger partial charge >= 0.3 is 0 Å². The number of nitrogens with one attached hydrogen (secondary N) is 1. The number of benzene rings is 1. The average Bonchev–Trinajstić information content (AvgIpc) is 2.40. The van der Waals surface area contributed by atoms with Crippen molar-refractivity contribution in [2.24, 2.45) is 0 Å². The number of rotatable bonds is 2. The quantitative estimate of drug-likeness (QED) is 0.779. The van der Waals surface area contributed by atoms with Crippen molar-refractivity contribution >= 4 is 0 Å². The Morgan fingerprint density at radius 2 is 2.13 bits per heavy atom. The minimum atomic E-state index is 0.349. The lowest BCUT2D eigenvalue weighted by Gasteiger charge is -2.21. The Morgan fingerprint density at radius 1 is 1.40 bits per heavy atom. The van der Waals surface area contributed by atoms with E-state index < -0.39 is 0 Å². The Labute approximate surface area is 92.9 Å². The molecule has 0 amide bonds. The SMILES string of the molecule is CNCC1CC(C)(C)c2c(C)cccc21. The van der Waals surface area contributed by atoms with Crippen LogP contribution in [0.5, 0.6) is 0 Å². The molecule has 1 nitrogen and oxygen atoms in total. The van der Waals surface area contributed by atoms with Crippen molar-refractivity contribution in [3.63, 3.8) is 0 Å². The summed E-state index contributed by atoms with van der Waals surface area (Å²) in [5.41, 5.74) is 4.96. The van der Waals surface area contributed by atoms with Gasteiger partial charge in [0.05, 0.1) is 0 Å². The van der Waals surface area contributed by atoms with Crippen molar-refractivity contribution in [2.75, 3.05) is 13.6 Å². The van der Waals surface area contributed by atoms with Gasteiger partial charge in [0.2, 0.25) is 0 Å². The summed E-state index contributed by atoms with van der Waals surface area (Å²) in [4.78, 5) is 0. The van der Waals surface area contributed by atoms with E-state index in [9.17, 15) is 0 Å². The number of likely N-dealkylation sites (N-methyl/N-ethyl adjacent to an activating group) is 1. The molecule has 0 aliphatic heterocycles. The van der Waals surface area contributed by atoms with Crippen LogP contribution in [0.2, 0.25) is 0 Å². The Kier molecular flexibility index (Phi) is 2.59. The summed E-state index contributed by atoms with van der Waals surface area (Å²) in [5.74, 6) is 0.694. The third-order valence-electron chi connectivity index (χ3n) is 3.63. The van der Waals surface area contributed by atoms with Gasteiger partial charge in [0.15, 0.2) is 0 Å². The summed E-state index contributed by atoms with van der Waals surface area (Å²) in [6.07, 6.45) is 1.27. The van der Waals surface area contributed by atoms with Crippen LogP contribution in [0.3, 0.4) is 0 Å². The lowest BCUT2D eigenvalue weighted by molar-refractivity contribution is 0.465. The van der Waals surface area contributed by atoms with E-state index >= 15 is 0 Å². The maximum absolute atomic E-state index is 3.31. The first-order valence-electron chi connectivity index (χ1n) is 5.81. The molecule has 2 rings (SSSR count). The number of hydrogen-bond donors (Lipinski definition) is 1. The summed E-state index contributed by atoms with van der Waals surface area (Å²) >= 11 is 0. The molecule has 1 unspecified atom stereocenters. The van der Waals surface area contributed by atoms with Gasteiger partial charge in [0.25, 0.3) is 0 Å². The van der Waals surface area contributed by atoms with Gasteiger partial charge in [-0.1, -0.05) is 32.0 Å². The minimum absolute atomic E-state index is 0.349. The van der Waals surface area contributed by atoms with Gasteiger partial charge in [-0.2, -0.15) is 0 Å². The number of fused-ring (bicyclic) bond motifs is 1. The summed E-state index contributed by atoms with van der Waals surface area (Å²) in [7, 11) is 2.04. The van der Waals surface area contributed by atoms with Gasteiger partial charge in [-0.25, -0.2) is 0 Å². The Bertz CT molecular complexity index is 366. The van der Waals surface area contributed by atoms with Gasteiger partial charge in [0.1, 0.15) is 0 Å². The Hall–Kier alpha value is -0.820. The Morgan fingerprint density at radius 3 is 2.80 bits per heavy atom. The van der Waals surface area contributed by atoms with E-state index in [0.29, 0.717) is 11.3 Å². The van der Waals surface area contributed by atoms with Crippen molar-refractivity contribution in [1.29, 1.82) is 0 Å². The fourth-order valence-corrected chi connectivity index (χ4v) is 3.21. The highest BCUT2D eigenvalue weighted by Gasteiger charge is 2.37. The van der Waals surface area contributed by atoms with E-state index in [2.05, 4.69) is 44.3 Å². The smallest absolute Gasteiger partial charge is 0.00175 e. The van der Waals surface area contributed by atoms with Crippen LogP contribution in [0.25, 0.3) is 0 Å². The fourth-order valence-electron chi connectivity index (χ4n) is 3.21. The van der Waals surface area contributed by atoms with Crippen LogP contribution in [0.4, 0.5) is 0 Å². The third-order valence-corrected chi connectivity index (χ3v) is 3.63. The van der Waals surface area contributed by atoms with Gasteiger partial charge in [-0.15, -0.1) is 0 Å². The third kappa shape index (κ3) is 1.69. The molecular weight excluding hydrogens is 182 g/mol. The molecule has 0 fully saturated rings. The van der Waals surface area contributed by atoms with Crippen molar-refractivity contribution < 1.29 is 0 Å². The zero-order valence-corrected chi connectivity index (χ0v) is 10.2. The largest absolute Gasteiger partial charge is 0.319 e. The molecule has 15 heavy (non-hydrogen) atoms. The maximum atomic E-state index is 3.31. The molecule has 0 bridgehead atoms. The first-order chi connectivity index (χ1) is 7.06. The van der Waals surface area contributed by atoms with E-state index in [0.717, 1.165) is 6.54 Å². The molecule has 1 aliphatic rings. The molecule has 1 aliphatic carbocycles. The predicted molar refractivity (Wildman–Crippen MR) is 65.5 cm³/mol. The van der Waals surface area contributed by atoms with Crippen LogP contribution in [-0.2, 0) is 5.41 Å². The molecule has 1 N–H and O–H groups in total. The number of hydrogen-bond acceptors (Lipinski definition) is 1. The monoisotopic (exact) mass is 203 g/mol. The van der Waals surface area contributed by atoms with Crippen LogP contribution in [0.15, 0.2) is 18.2 Å². The van der Waals surface area contributed by atoms with E-state index in [1.165, 1.54) is 12.0 Å². The number of aryl methyl sites for hydroxylation is 1. The maximum Gasteiger partial charge on any atom is 0.00175 e. The second-order valence-corrected chi connectivity index (χ2v) is 5.38. The molecule has 0 saturated carbocycles. The second-order valence-electron chi connectivity index (χ2n) is 5.38. The van der Waals surface area contributed by atoms with Crippen LogP contribution in [0, 0.1) is 6.92 Å². The molecule has 0 radical (unpaired) electrons. The van der Waals surface area contributed by atoms with E-state index in [1.807, 2.05) is 7.05 Å². The molecular formula is C14H21N. The lowest BCUT2D eigenvalue weighted by Crippen LogP contribution is -2.18. The van der Waals surface area contributed by atoms with Crippen molar-refractivity contribution in [2.45, 2.75) is 38.5 Å². The Balaban J connectivity index is 2.48. The van der Waals surface area contributed by atoms with Crippen molar-refractivity contribution in [3.05, 3.63) is 34.9 Å². The molecule has 0 saturated heterocycles. The van der Waals surface area contributed by atoms with Gasteiger partial charge in [-0.05, 0) is 48.4 Å². The first-order valence-corrected chi connectivity index (χ1v) is 5.81.